The van der Waals surface area contributed by atoms with Gasteiger partial charge in [-0.05, 0) is 43.0 Å². The van der Waals surface area contributed by atoms with Gasteiger partial charge in [0.15, 0.2) is 5.58 Å². The molecule has 32 heavy (non-hydrogen) atoms. The van der Waals surface area contributed by atoms with Crippen molar-refractivity contribution in [3.05, 3.63) is 82.4 Å². The number of H-pyrrole nitrogens is 1. The molecule has 3 aromatic rings. The van der Waals surface area contributed by atoms with Gasteiger partial charge in [0.05, 0.1) is 11.6 Å². The van der Waals surface area contributed by atoms with Crippen LogP contribution < -0.4 is 11.1 Å². The van der Waals surface area contributed by atoms with Gasteiger partial charge in [-0.3, -0.25) is 4.98 Å². The Balaban J connectivity index is 0.000000390. The Hall–Kier alpha value is -3.69. The predicted molar refractivity (Wildman–Crippen MR) is 118 cm³/mol. The van der Waals surface area contributed by atoms with Gasteiger partial charge >= 0.3 is 17.7 Å². The summed E-state index contributed by atoms with van der Waals surface area (Å²) in [6.07, 6.45) is 2.48. The Labute approximate surface area is 184 Å². The first kappa shape index (κ1) is 24.6. The number of carbonyl (C=O) groups is 2. The molecule has 0 saturated heterocycles. The number of hydrogen-bond acceptors (Lipinski definition) is 6. The van der Waals surface area contributed by atoms with Crippen molar-refractivity contribution in [3.8, 4) is 0 Å². The number of rotatable bonds is 9. The van der Waals surface area contributed by atoms with Gasteiger partial charge in [-0.2, -0.15) is 0 Å². The molecule has 0 amide bonds. The minimum Gasteiger partial charge on any atom is -0.478 e. The van der Waals surface area contributed by atoms with E-state index in [-0.39, 0.29) is 0 Å². The number of oxazole rings is 1. The van der Waals surface area contributed by atoms with E-state index in [1.54, 1.807) is 18.2 Å². The molecular formula is C23H26N2O7. The molecule has 2 aromatic carbocycles. The predicted octanol–water partition coefficient (Wildman–Crippen LogP) is 2.48. The lowest BCUT2D eigenvalue weighted by Crippen LogP contribution is -2.30. The fraction of sp³-hybridized carbons (Fsp3) is 0.261. The van der Waals surface area contributed by atoms with E-state index >= 15 is 0 Å². The van der Waals surface area contributed by atoms with E-state index in [9.17, 15) is 19.5 Å². The van der Waals surface area contributed by atoms with E-state index in [0.29, 0.717) is 35.8 Å². The zero-order valence-electron chi connectivity index (χ0n) is 17.5. The minimum atomic E-state index is -1.26. The number of fused-ring (bicyclic) bond motifs is 1. The summed E-state index contributed by atoms with van der Waals surface area (Å²) in [5, 5.41) is 29.3. The van der Waals surface area contributed by atoms with E-state index in [2.05, 4.69) is 29.4 Å². The number of aliphatic carboxylic acids is 2. The summed E-state index contributed by atoms with van der Waals surface area (Å²) in [5.41, 5.74) is 3.15. The molecule has 0 spiro atoms. The monoisotopic (exact) mass is 442 g/mol. The summed E-state index contributed by atoms with van der Waals surface area (Å²) in [5.74, 6) is -3.00. The maximum absolute atomic E-state index is 11.2. The van der Waals surface area contributed by atoms with Gasteiger partial charge in [-0.1, -0.05) is 36.4 Å². The molecule has 1 aromatic heterocycles. The molecule has 3 rings (SSSR count). The number of benzene rings is 2. The Kier molecular flexibility index (Phi) is 9.40. The number of nitrogens with one attached hydrogen (secondary N) is 2. The van der Waals surface area contributed by atoms with Crippen molar-refractivity contribution in [1.82, 2.24) is 10.3 Å². The van der Waals surface area contributed by atoms with Crippen LogP contribution in [-0.4, -0.2) is 44.8 Å². The first-order valence-corrected chi connectivity index (χ1v) is 9.96. The third-order valence-electron chi connectivity index (χ3n) is 4.57. The minimum absolute atomic E-state index is 0.300. The van der Waals surface area contributed by atoms with E-state index in [1.165, 1.54) is 5.56 Å². The van der Waals surface area contributed by atoms with Crippen LogP contribution in [0.15, 0.2) is 69.9 Å². The van der Waals surface area contributed by atoms with Gasteiger partial charge in [-0.25, -0.2) is 14.4 Å². The summed E-state index contributed by atoms with van der Waals surface area (Å²) >= 11 is 0. The molecule has 9 nitrogen and oxygen atoms in total. The highest BCUT2D eigenvalue weighted by atomic mass is 16.4. The first-order chi connectivity index (χ1) is 15.2. The topological polar surface area (TPSA) is 153 Å². The van der Waals surface area contributed by atoms with Crippen molar-refractivity contribution in [3.63, 3.8) is 0 Å². The lowest BCUT2D eigenvalue weighted by molar-refractivity contribution is -0.134. The lowest BCUT2D eigenvalue weighted by Gasteiger charge is -2.17. The smallest absolute Gasteiger partial charge is 0.417 e. The summed E-state index contributed by atoms with van der Waals surface area (Å²) in [7, 11) is 0. The quantitative estimate of drug-likeness (QED) is 0.317. The zero-order chi connectivity index (χ0) is 23.5. The summed E-state index contributed by atoms with van der Waals surface area (Å²) in [4.78, 5) is 32.9. The van der Waals surface area contributed by atoms with Crippen molar-refractivity contribution in [2.24, 2.45) is 0 Å². The molecule has 0 saturated carbocycles. The van der Waals surface area contributed by atoms with Crippen LogP contribution in [0, 0.1) is 0 Å². The van der Waals surface area contributed by atoms with Crippen LogP contribution in [0.1, 0.15) is 30.6 Å². The van der Waals surface area contributed by atoms with Crippen molar-refractivity contribution < 1.29 is 29.3 Å². The highest BCUT2D eigenvalue weighted by Crippen LogP contribution is 2.18. The summed E-state index contributed by atoms with van der Waals surface area (Å²) in [6.45, 7) is 2.57. The standard InChI is InChI=1S/C19H22N2O3.C4H4O4/c1-13(7-8-14-5-3-2-4-6-14)20-12-17(22)15-9-10-16-18(11-15)24-19(23)21-16;5-3(6)1-2-4(7)8/h2-6,9-11,13,17,20,22H,7-8,12H2,1H3,(H,21,23);1-2H,(H,5,6)(H,7,8). The lowest BCUT2D eigenvalue weighted by atomic mass is 10.1. The number of aliphatic hydroxyl groups excluding tert-OH is 1. The highest BCUT2D eigenvalue weighted by molar-refractivity contribution is 5.89. The van der Waals surface area contributed by atoms with Crippen LogP contribution in [0.3, 0.4) is 0 Å². The third-order valence-corrected chi connectivity index (χ3v) is 4.57. The van der Waals surface area contributed by atoms with E-state index in [1.807, 2.05) is 18.2 Å². The number of aliphatic hydroxyl groups is 1. The molecule has 0 bridgehead atoms. The van der Waals surface area contributed by atoms with Gasteiger partial charge in [0.1, 0.15) is 0 Å². The second-order valence-corrected chi connectivity index (χ2v) is 7.13. The van der Waals surface area contributed by atoms with Crippen molar-refractivity contribution in [2.75, 3.05) is 6.54 Å². The van der Waals surface area contributed by atoms with Crippen LogP contribution >= 0.6 is 0 Å². The van der Waals surface area contributed by atoms with Crippen LogP contribution in [0.25, 0.3) is 11.1 Å². The van der Waals surface area contributed by atoms with E-state index < -0.39 is 23.8 Å². The van der Waals surface area contributed by atoms with Gasteiger partial charge in [0.25, 0.3) is 0 Å². The number of carboxylic acids is 2. The maximum atomic E-state index is 11.2. The molecule has 0 radical (unpaired) electrons. The number of aromatic amines is 1. The van der Waals surface area contributed by atoms with Crippen LogP contribution in [0.5, 0.6) is 0 Å². The maximum Gasteiger partial charge on any atom is 0.417 e. The largest absolute Gasteiger partial charge is 0.478 e. The van der Waals surface area contributed by atoms with Crippen LogP contribution in [-0.2, 0) is 16.0 Å². The average Bonchev–Trinajstić information content (AvgIpc) is 3.15. The Morgan fingerprint density at radius 3 is 2.38 bits per heavy atom. The molecule has 2 atom stereocenters. The van der Waals surface area contributed by atoms with E-state index in [4.69, 9.17) is 14.6 Å². The highest BCUT2D eigenvalue weighted by Gasteiger charge is 2.12. The molecule has 170 valence electrons. The van der Waals surface area contributed by atoms with Crippen molar-refractivity contribution in [2.45, 2.75) is 31.9 Å². The number of aryl methyl sites for hydroxylation is 1. The summed E-state index contributed by atoms with van der Waals surface area (Å²) in [6, 6.07) is 15.9. The van der Waals surface area contributed by atoms with Gasteiger partial charge in [-0.15, -0.1) is 0 Å². The molecule has 0 fully saturated rings. The van der Waals surface area contributed by atoms with Gasteiger partial charge in [0, 0.05) is 24.7 Å². The van der Waals surface area contributed by atoms with Gasteiger partial charge in [0.2, 0.25) is 0 Å². The van der Waals surface area contributed by atoms with E-state index in [0.717, 1.165) is 18.4 Å². The SMILES string of the molecule is CC(CCc1ccccc1)NCC(O)c1ccc2[nH]c(=O)oc2c1.O=C(O)C=CC(=O)O. The molecular weight excluding hydrogens is 416 g/mol. The van der Waals surface area contributed by atoms with Crippen LogP contribution in [0.4, 0.5) is 0 Å². The van der Waals surface area contributed by atoms with Gasteiger partial charge < -0.3 is 25.1 Å². The number of carboxylic acid groups (broad SMARTS) is 2. The second-order valence-electron chi connectivity index (χ2n) is 7.13. The molecule has 0 aliphatic rings. The second kappa shape index (κ2) is 12.2. The Morgan fingerprint density at radius 2 is 1.75 bits per heavy atom. The van der Waals surface area contributed by atoms with Crippen molar-refractivity contribution in [1.29, 1.82) is 0 Å². The molecule has 9 heteroatoms. The normalized spacial score (nSPS) is 12.8. The molecule has 0 aliphatic heterocycles. The fourth-order valence-electron chi connectivity index (χ4n) is 2.87. The third kappa shape index (κ3) is 8.58. The summed E-state index contributed by atoms with van der Waals surface area (Å²) < 4.78 is 5.03. The fourth-order valence-corrected chi connectivity index (χ4v) is 2.87. The Bertz CT molecular complexity index is 1090. The molecule has 2 unspecified atom stereocenters. The first-order valence-electron chi connectivity index (χ1n) is 9.96. The zero-order valence-corrected chi connectivity index (χ0v) is 17.5. The molecule has 5 N–H and O–H groups in total. The van der Waals surface area contributed by atoms with Crippen molar-refractivity contribution >= 4 is 23.0 Å². The number of aromatic nitrogens is 1. The molecule has 0 aliphatic carbocycles. The number of hydrogen-bond donors (Lipinski definition) is 5. The Morgan fingerprint density at radius 1 is 1.09 bits per heavy atom. The van der Waals surface area contributed by atoms with Crippen LogP contribution in [0.2, 0.25) is 0 Å². The average molecular weight is 442 g/mol. The molecule has 1 heterocycles.